The van der Waals surface area contributed by atoms with Crippen LogP contribution in [0.25, 0.3) is 10.9 Å². The predicted octanol–water partition coefficient (Wildman–Crippen LogP) is 2.21. The molecular weight excluding hydrogens is 346 g/mol. The molecule has 1 aliphatic heterocycles. The summed E-state index contributed by atoms with van der Waals surface area (Å²) < 4.78 is 10.6. The van der Waals surface area contributed by atoms with E-state index in [-0.39, 0.29) is 36.3 Å². The maximum absolute atomic E-state index is 12.0. The number of benzene rings is 1. The summed E-state index contributed by atoms with van der Waals surface area (Å²) in [7, 11) is 0. The van der Waals surface area contributed by atoms with Gasteiger partial charge in [0.2, 0.25) is 11.8 Å². The van der Waals surface area contributed by atoms with E-state index in [1.54, 1.807) is 6.92 Å². The first-order valence-corrected chi connectivity index (χ1v) is 8.50. The second-order valence-electron chi connectivity index (χ2n) is 6.12. The van der Waals surface area contributed by atoms with Crippen molar-refractivity contribution < 1.29 is 14.3 Å². The largest absolute Gasteiger partial charge is 0.466 e. The highest BCUT2D eigenvalue weighted by Gasteiger charge is 2.36. The number of para-hydroxylation sites is 1. The van der Waals surface area contributed by atoms with Gasteiger partial charge in [0.15, 0.2) is 0 Å². The predicted molar refractivity (Wildman–Crippen MR) is 96.5 cm³/mol. The molecule has 27 heavy (non-hydrogen) atoms. The lowest BCUT2D eigenvalue weighted by Gasteiger charge is -2.23. The van der Waals surface area contributed by atoms with Crippen molar-refractivity contribution in [1.29, 1.82) is 5.26 Å². The molecule has 0 saturated carbocycles. The van der Waals surface area contributed by atoms with Gasteiger partial charge in [0.1, 0.15) is 11.6 Å². The molecule has 0 amide bonds. The molecule has 1 aromatic carbocycles. The number of nitrogens with zero attached hydrogens (tertiary/aromatic N) is 2. The first-order valence-electron chi connectivity index (χ1n) is 8.50. The fraction of sp³-hybridized carbons (Fsp3) is 0.211. The Morgan fingerprint density at radius 2 is 2.26 bits per heavy atom. The number of nitrogens with one attached hydrogen (secondary N) is 2. The number of nitrogens with two attached hydrogens (primary N) is 1. The van der Waals surface area contributed by atoms with Gasteiger partial charge in [0, 0.05) is 17.1 Å². The number of nitriles is 1. The average molecular weight is 363 g/mol. The van der Waals surface area contributed by atoms with Crippen LogP contribution in [-0.4, -0.2) is 27.8 Å². The lowest BCUT2D eigenvalue weighted by atomic mass is 9.83. The maximum Gasteiger partial charge on any atom is 0.311 e. The molecule has 0 saturated heterocycles. The summed E-state index contributed by atoms with van der Waals surface area (Å²) in [5, 5.41) is 17.7. The average Bonchev–Trinajstić information content (AvgIpc) is 3.25. The minimum Gasteiger partial charge on any atom is -0.466 e. The molecule has 2 aromatic heterocycles. The number of H-pyrrole nitrogens is 2. The highest BCUT2D eigenvalue weighted by molar-refractivity contribution is 5.85. The van der Waals surface area contributed by atoms with Gasteiger partial charge in [-0.1, -0.05) is 18.2 Å². The van der Waals surface area contributed by atoms with Crippen LogP contribution in [0.5, 0.6) is 5.88 Å². The molecule has 3 aromatic rings. The zero-order valence-corrected chi connectivity index (χ0v) is 14.6. The van der Waals surface area contributed by atoms with Crippen LogP contribution in [0.4, 0.5) is 0 Å². The van der Waals surface area contributed by atoms with Gasteiger partial charge in [0.25, 0.3) is 0 Å². The number of carbonyl (C=O) groups excluding carboxylic acids is 1. The van der Waals surface area contributed by atoms with E-state index in [1.165, 1.54) is 0 Å². The van der Waals surface area contributed by atoms with Gasteiger partial charge in [-0.3, -0.25) is 9.89 Å². The van der Waals surface area contributed by atoms with Crippen LogP contribution in [-0.2, 0) is 16.0 Å². The van der Waals surface area contributed by atoms with E-state index in [9.17, 15) is 10.1 Å². The molecule has 8 heteroatoms. The third kappa shape index (κ3) is 2.69. The quantitative estimate of drug-likeness (QED) is 0.609. The first kappa shape index (κ1) is 16.7. The highest BCUT2D eigenvalue weighted by atomic mass is 16.5. The van der Waals surface area contributed by atoms with Crippen molar-refractivity contribution >= 4 is 16.9 Å². The number of aromatic amines is 2. The summed E-state index contributed by atoms with van der Waals surface area (Å²) in [5.74, 6) is -0.615. The molecule has 8 nitrogen and oxygen atoms in total. The monoisotopic (exact) mass is 363 g/mol. The smallest absolute Gasteiger partial charge is 0.311 e. The van der Waals surface area contributed by atoms with Crippen molar-refractivity contribution in [2.75, 3.05) is 6.61 Å². The zero-order chi connectivity index (χ0) is 19.0. The van der Waals surface area contributed by atoms with Crippen LogP contribution in [0.15, 0.2) is 41.9 Å². The Balaban J connectivity index is 1.89. The standard InChI is InChI=1S/C19H17N5O3/c1-2-26-15(25)7-14-17-16(11(8-20)18(21)27-19(17)24-23-14)12-9-22-13-6-4-3-5-10(12)13/h3-6,9,16,22H,2,7,21H2,1H3,(H,23,24)/t16-/m0/s1. The summed E-state index contributed by atoms with van der Waals surface area (Å²) >= 11 is 0. The topological polar surface area (TPSA) is 130 Å². The number of hydrogen-bond acceptors (Lipinski definition) is 6. The molecule has 4 N–H and O–H groups in total. The Labute approximate surface area is 154 Å². The van der Waals surface area contributed by atoms with Crippen molar-refractivity contribution in [2.24, 2.45) is 5.73 Å². The van der Waals surface area contributed by atoms with Gasteiger partial charge < -0.3 is 20.2 Å². The van der Waals surface area contributed by atoms with Gasteiger partial charge in [-0.25, -0.2) is 0 Å². The Morgan fingerprint density at radius 3 is 3.04 bits per heavy atom. The molecule has 136 valence electrons. The van der Waals surface area contributed by atoms with E-state index >= 15 is 0 Å². The lowest BCUT2D eigenvalue weighted by Crippen LogP contribution is -2.21. The summed E-state index contributed by atoms with van der Waals surface area (Å²) in [6.07, 6.45) is 1.84. The summed E-state index contributed by atoms with van der Waals surface area (Å²) in [4.78, 5) is 15.2. The van der Waals surface area contributed by atoms with Crippen LogP contribution in [0.2, 0.25) is 0 Å². The number of carbonyl (C=O) groups is 1. The third-order valence-corrected chi connectivity index (χ3v) is 4.58. The molecule has 4 rings (SSSR count). The number of fused-ring (bicyclic) bond motifs is 2. The molecule has 0 radical (unpaired) electrons. The molecular formula is C19H17N5O3. The minimum atomic E-state index is -0.502. The van der Waals surface area contributed by atoms with E-state index in [1.807, 2.05) is 30.5 Å². The van der Waals surface area contributed by atoms with E-state index in [0.29, 0.717) is 11.3 Å². The fourth-order valence-corrected chi connectivity index (χ4v) is 3.44. The molecule has 0 bridgehead atoms. The summed E-state index contributed by atoms with van der Waals surface area (Å²) in [6.45, 7) is 2.03. The Kier molecular flexibility index (Phi) is 4.05. The zero-order valence-electron chi connectivity index (χ0n) is 14.6. The van der Waals surface area contributed by atoms with Gasteiger partial charge in [-0.05, 0) is 18.6 Å². The molecule has 0 unspecified atom stereocenters. The Morgan fingerprint density at radius 1 is 1.44 bits per heavy atom. The summed E-state index contributed by atoms with van der Waals surface area (Å²) in [6, 6.07) is 9.92. The SMILES string of the molecule is CCOC(=O)Cc1[nH]nc2c1[C@H](c1c[nH]c3ccccc13)C(C#N)=C(N)O2. The fourth-order valence-electron chi connectivity index (χ4n) is 3.44. The second kappa shape index (κ2) is 6.53. The second-order valence-corrected chi connectivity index (χ2v) is 6.12. The van der Waals surface area contributed by atoms with Crippen molar-refractivity contribution in [2.45, 2.75) is 19.3 Å². The molecule has 1 aliphatic rings. The molecule has 0 aliphatic carbocycles. The van der Waals surface area contributed by atoms with Crippen molar-refractivity contribution in [1.82, 2.24) is 15.2 Å². The summed E-state index contributed by atoms with van der Waals surface area (Å²) in [5.41, 5.74) is 9.22. The first-order chi connectivity index (χ1) is 13.1. The number of allylic oxidation sites excluding steroid dienone is 1. The van der Waals surface area contributed by atoms with Gasteiger partial charge in [-0.2, -0.15) is 5.26 Å². The molecule has 3 heterocycles. The maximum atomic E-state index is 12.0. The van der Waals surface area contributed by atoms with Crippen molar-refractivity contribution in [3.05, 3.63) is 58.7 Å². The normalized spacial score (nSPS) is 15.9. The van der Waals surface area contributed by atoms with Crippen molar-refractivity contribution in [3.8, 4) is 11.9 Å². The van der Waals surface area contributed by atoms with Crippen LogP contribution in [0, 0.1) is 11.3 Å². The van der Waals surface area contributed by atoms with Crippen LogP contribution in [0.1, 0.15) is 29.7 Å². The number of esters is 1. The Hall–Kier alpha value is -3.73. The van der Waals surface area contributed by atoms with Gasteiger partial charge >= 0.3 is 5.97 Å². The van der Waals surface area contributed by atoms with Crippen LogP contribution >= 0.6 is 0 Å². The van der Waals surface area contributed by atoms with Gasteiger partial charge in [-0.15, -0.1) is 5.10 Å². The third-order valence-electron chi connectivity index (χ3n) is 4.58. The number of ether oxygens (including phenoxy) is 2. The van der Waals surface area contributed by atoms with E-state index < -0.39 is 5.92 Å². The Bertz CT molecular complexity index is 1100. The lowest BCUT2D eigenvalue weighted by molar-refractivity contribution is -0.142. The molecule has 1 atom stereocenters. The van der Waals surface area contributed by atoms with Crippen LogP contribution < -0.4 is 10.5 Å². The van der Waals surface area contributed by atoms with E-state index in [2.05, 4.69) is 21.3 Å². The van der Waals surface area contributed by atoms with Crippen LogP contribution in [0.3, 0.4) is 0 Å². The minimum absolute atomic E-state index is 0.00297. The number of aromatic nitrogens is 3. The molecule has 0 spiro atoms. The van der Waals surface area contributed by atoms with Gasteiger partial charge in [0.05, 0.1) is 30.2 Å². The van der Waals surface area contributed by atoms with Crippen molar-refractivity contribution in [3.63, 3.8) is 0 Å². The number of hydrogen-bond donors (Lipinski definition) is 3. The van der Waals surface area contributed by atoms with E-state index in [0.717, 1.165) is 16.5 Å². The van der Waals surface area contributed by atoms with E-state index in [4.69, 9.17) is 15.2 Å². The number of rotatable bonds is 4. The highest BCUT2D eigenvalue weighted by Crippen LogP contribution is 2.44. The molecule has 0 fully saturated rings.